The van der Waals surface area contributed by atoms with Crippen LogP contribution in [0.15, 0.2) is 261 Å². The normalized spacial score (nSPS) is 12.4. The van der Waals surface area contributed by atoms with Crippen LogP contribution in [0.5, 0.6) is 0 Å². The van der Waals surface area contributed by atoms with Crippen LogP contribution in [0.1, 0.15) is 25.0 Å². The standard InChI is InChI=1S/C67H49N/c1-67(2)61-35-15-12-31-59(61)66-58(34-20-36-62(66)67)56-30-14-17-38-64(56)68(63-37-16-13-29-55(63)57-33-19-28-50-27-18-32-54(65(50)57)48-23-8-4-9-24-48)52-42-39-46(40-43-52)51-41-44-53(47-21-6-3-7-22-47)60(45-51)49-25-10-5-11-26-49/h3-45H,1-2H3. The first-order chi connectivity index (χ1) is 33.5. The lowest BCUT2D eigenvalue weighted by atomic mass is 9.82. The van der Waals surface area contributed by atoms with Gasteiger partial charge in [-0.1, -0.05) is 244 Å². The second kappa shape index (κ2) is 17.0. The lowest BCUT2D eigenvalue weighted by molar-refractivity contribution is 0.660. The summed E-state index contributed by atoms with van der Waals surface area (Å²) in [5.41, 5.74) is 22.9. The number of anilines is 3. The van der Waals surface area contributed by atoms with Crippen LogP contribution < -0.4 is 4.90 Å². The predicted molar refractivity (Wildman–Crippen MR) is 289 cm³/mol. The van der Waals surface area contributed by atoms with E-state index in [1.165, 1.54) is 88.7 Å². The lowest BCUT2D eigenvalue weighted by Gasteiger charge is -2.31. The molecule has 1 aliphatic rings. The maximum atomic E-state index is 2.50. The first-order valence-corrected chi connectivity index (χ1v) is 23.7. The highest BCUT2D eigenvalue weighted by molar-refractivity contribution is 6.09. The van der Waals surface area contributed by atoms with Gasteiger partial charge in [-0.05, 0) is 119 Å². The molecule has 0 N–H and O–H groups in total. The molecule has 1 heteroatoms. The van der Waals surface area contributed by atoms with E-state index >= 15 is 0 Å². The Morgan fingerprint density at radius 3 is 1.38 bits per heavy atom. The zero-order valence-electron chi connectivity index (χ0n) is 38.3. The topological polar surface area (TPSA) is 3.24 Å². The molecule has 0 bridgehead atoms. The molecule has 0 saturated heterocycles. The van der Waals surface area contributed by atoms with Gasteiger partial charge in [-0.25, -0.2) is 0 Å². The monoisotopic (exact) mass is 867 g/mol. The molecule has 0 heterocycles. The Morgan fingerprint density at radius 1 is 0.279 bits per heavy atom. The molecule has 12 rings (SSSR count). The summed E-state index contributed by atoms with van der Waals surface area (Å²) in [5.74, 6) is 0. The van der Waals surface area contributed by atoms with Gasteiger partial charge < -0.3 is 4.90 Å². The smallest absolute Gasteiger partial charge is 0.0540 e. The molecule has 0 fully saturated rings. The van der Waals surface area contributed by atoms with E-state index in [1.54, 1.807) is 0 Å². The molecule has 0 radical (unpaired) electrons. The average molecular weight is 868 g/mol. The van der Waals surface area contributed by atoms with Crippen molar-refractivity contribution >= 4 is 27.8 Å². The minimum Gasteiger partial charge on any atom is -0.309 e. The summed E-state index contributed by atoms with van der Waals surface area (Å²) >= 11 is 0. The second-order valence-electron chi connectivity index (χ2n) is 18.4. The molecule has 0 saturated carbocycles. The van der Waals surface area contributed by atoms with Crippen molar-refractivity contribution in [2.45, 2.75) is 19.3 Å². The van der Waals surface area contributed by atoms with Crippen molar-refractivity contribution in [1.82, 2.24) is 0 Å². The summed E-state index contributed by atoms with van der Waals surface area (Å²) in [7, 11) is 0. The van der Waals surface area contributed by atoms with Gasteiger partial charge in [0, 0.05) is 22.2 Å². The van der Waals surface area contributed by atoms with Gasteiger partial charge in [-0.3, -0.25) is 0 Å². The van der Waals surface area contributed by atoms with Crippen molar-refractivity contribution in [2.75, 3.05) is 4.90 Å². The number of para-hydroxylation sites is 2. The molecule has 11 aromatic carbocycles. The lowest BCUT2D eigenvalue weighted by Crippen LogP contribution is -2.15. The van der Waals surface area contributed by atoms with E-state index in [0.717, 1.165) is 28.2 Å². The van der Waals surface area contributed by atoms with Gasteiger partial charge in [0.2, 0.25) is 0 Å². The van der Waals surface area contributed by atoms with Crippen LogP contribution in [0.2, 0.25) is 0 Å². The molecular weight excluding hydrogens is 819 g/mol. The highest BCUT2D eigenvalue weighted by atomic mass is 15.1. The quantitative estimate of drug-likeness (QED) is 0.140. The van der Waals surface area contributed by atoms with Crippen LogP contribution in [0.4, 0.5) is 17.1 Å². The molecular formula is C67H49N. The van der Waals surface area contributed by atoms with E-state index in [9.17, 15) is 0 Å². The zero-order valence-corrected chi connectivity index (χ0v) is 38.3. The van der Waals surface area contributed by atoms with Gasteiger partial charge in [0.05, 0.1) is 11.4 Å². The maximum absolute atomic E-state index is 2.50. The summed E-state index contributed by atoms with van der Waals surface area (Å²) < 4.78 is 0. The highest BCUT2D eigenvalue weighted by Crippen LogP contribution is 2.54. The number of benzene rings is 11. The Hall–Kier alpha value is -8.52. The molecule has 1 aliphatic carbocycles. The first-order valence-electron chi connectivity index (χ1n) is 23.7. The van der Waals surface area contributed by atoms with E-state index in [4.69, 9.17) is 0 Å². The predicted octanol–water partition coefficient (Wildman–Crippen LogP) is 18.6. The Bertz CT molecular complexity index is 3620. The molecule has 1 nitrogen and oxygen atoms in total. The molecule has 0 unspecified atom stereocenters. The van der Waals surface area contributed by atoms with E-state index < -0.39 is 0 Å². The second-order valence-corrected chi connectivity index (χ2v) is 18.4. The molecule has 322 valence electrons. The summed E-state index contributed by atoms with van der Waals surface area (Å²) in [6.07, 6.45) is 0. The van der Waals surface area contributed by atoms with Gasteiger partial charge in [0.25, 0.3) is 0 Å². The third-order valence-electron chi connectivity index (χ3n) is 14.1. The molecule has 0 atom stereocenters. The van der Waals surface area contributed by atoms with Crippen molar-refractivity contribution in [3.63, 3.8) is 0 Å². The van der Waals surface area contributed by atoms with E-state index in [0.29, 0.717) is 0 Å². The molecule has 0 amide bonds. The van der Waals surface area contributed by atoms with Gasteiger partial charge in [0.15, 0.2) is 0 Å². The van der Waals surface area contributed by atoms with Crippen molar-refractivity contribution < 1.29 is 0 Å². The summed E-state index contributed by atoms with van der Waals surface area (Å²) in [6.45, 7) is 4.73. The minimum atomic E-state index is -0.122. The number of hydrogen-bond donors (Lipinski definition) is 0. The third kappa shape index (κ3) is 7.03. The highest BCUT2D eigenvalue weighted by Gasteiger charge is 2.37. The first kappa shape index (κ1) is 40.9. The Labute approximate surface area is 399 Å². The Kier molecular flexibility index (Phi) is 10.3. The van der Waals surface area contributed by atoms with E-state index in [1.807, 2.05) is 0 Å². The van der Waals surface area contributed by atoms with Crippen molar-refractivity contribution in [3.05, 3.63) is 272 Å². The van der Waals surface area contributed by atoms with E-state index in [-0.39, 0.29) is 5.41 Å². The van der Waals surface area contributed by atoms with Crippen LogP contribution in [0.25, 0.3) is 88.7 Å². The Morgan fingerprint density at radius 2 is 0.735 bits per heavy atom. The van der Waals surface area contributed by atoms with E-state index in [2.05, 4.69) is 280 Å². The fourth-order valence-corrected chi connectivity index (χ4v) is 10.9. The molecule has 0 aromatic heterocycles. The van der Waals surface area contributed by atoms with Crippen LogP contribution in [0, 0.1) is 0 Å². The zero-order chi connectivity index (χ0) is 45.6. The third-order valence-corrected chi connectivity index (χ3v) is 14.1. The molecule has 0 spiro atoms. The summed E-state index contributed by atoms with van der Waals surface area (Å²) in [5, 5.41) is 2.45. The summed E-state index contributed by atoms with van der Waals surface area (Å²) in [6, 6.07) is 95.7. The fraction of sp³-hybridized carbons (Fsp3) is 0.0448. The molecule has 0 aliphatic heterocycles. The van der Waals surface area contributed by atoms with Crippen molar-refractivity contribution in [1.29, 1.82) is 0 Å². The number of rotatable bonds is 9. The van der Waals surface area contributed by atoms with Crippen LogP contribution in [-0.2, 0) is 5.41 Å². The summed E-state index contributed by atoms with van der Waals surface area (Å²) in [4.78, 5) is 2.50. The van der Waals surface area contributed by atoms with Gasteiger partial charge in [0.1, 0.15) is 0 Å². The van der Waals surface area contributed by atoms with Gasteiger partial charge in [-0.15, -0.1) is 0 Å². The number of fused-ring (bicyclic) bond motifs is 4. The number of nitrogens with zero attached hydrogens (tertiary/aromatic N) is 1. The fourth-order valence-electron chi connectivity index (χ4n) is 10.9. The van der Waals surface area contributed by atoms with Gasteiger partial charge in [-0.2, -0.15) is 0 Å². The maximum Gasteiger partial charge on any atom is 0.0540 e. The van der Waals surface area contributed by atoms with Crippen LogP contribution in [-0.4, -0.2) is 0 Å². The van der Waals surface area contributed by atoms with Crippen molar-refractivity contribution in [3.8, 4) is 77.9 Å². The average Bonchev–Trinajstić information content (AvgIpc) is 3.65. The molecule has 68 heavy (non-hydrogen) atoms. The Balaban J connectivity index is 1.07. The SMILES string of the molecule is CC1(C)c2ccccc2-c2c(-c3ccccc3N(c3ccc(-c4ccc(-c5ccccc5)c(-c5ccccc5)c4)cc3)c3ccccc3-c3cccc4cccc(-c5ccccc5)c34)cccc21. The van der Waals surface area contributed by atoms with Crippen LogP contribution in [0.3, 0.4) is 0 Å². The number of hydrogen-bond acceptors (Lipinski definition) is 1. The van der Waals surface area contributed by atoms with Gasteiger partial charge >= 0.3 is 0 Å². The largest absolute Gasteiger partial charge is 0.309 e. The van der Waals surface area contributed by atoms with Crippen molar-refractivity contribution in [2.24, 2.45) is 0 Å². The molecule has 11 aromatic rings. The van der Waals surface area contributed by atoms with Crippen LogP contribution >= 0.6 is 0 Å². The minimum absolute atomic E-state index is 0.122.